The first kappa shape index (κ1) is 16.3. The van der Waals surface area contributed by atoms with Crippen molar-refractivity contribution in [2.24, 2.45) is 0 Å². The summed E-state index contributed by atoms with van der Waals surface area (Å²) < 4.78 is 39.9. The van der Waals surface area contributed by atoms with E-state index in [1.807, 2.05) is 6.07 Å². The number of hydrogen-bond donors (Lipinski definition) is 2. The summed E-state index contributed by atoms with van der Waals surface area (Å²) in [7, 11) is 0. The molecule has 1 aromatic rings. The molecule has 0 aromatic carbocycles. The monoisotopic (exact) mass is 315 g/mol. The molecule has 0 saturated carbocycles. The topological polar surface area (TPSA) is 63.2 Å². The van der Waals surface area contributed by atoms with Gasteiger partial charge in [0.25, 0.3) is 0 Å². The van der Waals surface area contributed by atoms with Crippen LogP contribution in [0.25, 0.3) is 0 Å². The molecular formula is C14H16F3N3O2. The molecule has 2 heterocycles. The first-order valence-electron chi connectivity index (χ1n) is 6.80. The first-order valence-corrected chi connectivity index (χ1v) is 6.80. The fourth-order valence-corrected chi connectivity index (χ4v) is 2.00. The van der Waals surface area contributed by atoms with Crippen LogP contribution in [0.15, 0.2) is 30.1 Å². The maximum Gasteiger partial charge on any atom is 0.522 e. The largest absolute Gasteiger partial charge is 0.522 e. The SMILES string of the molecule is CCC(COC(F)(F)F)NC(=O)C1=CNc2ncccc2C1. The van der Waals surface area contributed by atoms with E-state index in [1.165, 1.54) is 6.20 Å². The van der Waals surface area contributed by atoms with Crippen molar-refractivity contribution in [3.05, 3.63) is 35.7 Å². The molecule has 22 heavy (non-hydrogen) atoms. The summed E-state index contributed by atoms with van der Waals surface area (Å²) >= 11 is 0. The van der Waals surface area contributed by atoms with Crippen LogP contribution in [0.2, 0.25) is 0 Å². The van der Waals surface area contributed by atoms with Gasteiger partial charge >= 0.3 is 6.36 Å². The fourth-order valence-electron chi connectivity index (χ4n) is 2.00. The van der Waals surface area contributed by atoms with Crippen LogP contribution in [0.5, 0.6) is 0 Å². The molecule has 120 valence electrons. The lowest BCUT2D eigenvalue weighted by Gasteiger charge is -2.21. The van der Waals surface area contributed by atoms with Crippen molar-refractivity contribution in [3.63, 3.8) is 0 Å². The van der Waals surface area contributed by atoms with Crippen LogP contribution in [-0.4, -0.2) is 29.9 Å². The molecule has 1 amide bonds. The van der Waals surface area contributed by atoms with Crippen molar-refractivity contribution in [2.75, 3.05) is 11.9 Å². The van der Waals surface area contributed by atoms with Gasteiger partial charge in [0.05, 0.1) is 12.6 Å². The zero-order valence-corrected chi connectivity index (χ0v) is 11.9. The molecule has 0 radical (unpaired) electrons. The number of halogens is 3. The Morgan fingerprint density at radius 1 is 1.55 bits per heavy atom. The van der Waals surface area contributed by atoms with E-state index in [9.17, 15) is 18.0 Å². The molecule has 8 heteroatoms. The van der Waals surface area contributed by atoms with Gasteiger partial charge in [-0.15, -0.1) is 13.2 Å². The van der Waals surface area contributed by atoms with Crippen LogP contribution in [0.1, 0.15) is 18.9 Å². The Labute approximate surface area is 125 Å². The highest BCUT2D eigenvalue weighted by molar-refractivity contribution is 5.95. The normalized spacial score (nSPS) is 15.4. The number of nitrogens with one attached hydrogen (secondary N) is 2. The van der Waals surface area contributed by atoms with E-state index in [4.69, 9.17) is 0 Å². The second-order valence-corrected chi connectivity index (χ2v) is 4.84. The first-order chi connectivity index (χ1) is 10.4. The second-order valence-electron chi connectivity index (χ2n) is 4.84. The van der Waals surface area contributed by atoms with E-state index in [-0.39, 0.29) is 0 Å². The summed E-state index contributed by atoms with van der Waals surface area (Å²) in [5, 5.41) is 5.44. The van der Waals surface area contributed by atoms with Crippen LogP contribution >= 0.6 is 0 Å². The predicted octanol–water partition coefficient (Wildman–Crippen LogP) is 2.36. The number of nitrogens with zero attached hydrogens (tertiary/aromatic N) is 1. The number of pyridine rings is 1. The number of amides is 1. The van der Waals surface area contributed by atoms with Crippen molar-refractivity contribution in [2.45, 2.75) is 32.2 Å². The Morgan fingerprint density at radius 2 is 2.32 bits per heavy atom. The van der Waals surface area contributed by atoms with Crippen LogP contribution < -0.4 is 10.6 Å². The Hall–Kier alpha value is -2.09. The standard InChI is InChI=1S/C14H16F3N3O2/c1-2-11(8-22-14(15,16)17)20-13(21)10-6-9-4-3-5-18-12(9)19-7-10/h3-5,7,11H,2,6,8H2,1H3,(H,18,19)(H,20,21). The lowest BCUT2D eigenvalue weighted by Crippen LogP contribution is -2.40. The summed E-state index contributed by atoms with van der Waals surface area (Å²) in [6.45, 7) is 1.07. The number of hydrogen-bond acceptors (Lipinski definition) is 4. The van der Waals surface area contributed by atoms with Crippen molar-refractivity contribution in [1.29, 1.82) is 0 Å². The van der Waals surface area contributed by atoms with E-state index < -0.39 is 24.9 Å². The quantitative estimate of drug-likeness (QED) is 0.875. The van der Waals surface area contributed by atoms with E-state index >= 15 is 0 Å². The number of anilines is 1. The van der Waals surface area contributed by atoms with Gasteiger partial charge in [0, 0.05) is 24.4 Å². The number of alkyl halides is 3. The summed E-state index contributed by atoms with van der Waals surface area (Å²) in [5.74, 6) is 0.256. The Balaban J connectivity index is 1.93. The van der Waals surface area contributed by atoms with Crippen LogP contribution in [0, 0.1) is 0 Å². The maximum atomic E-state index is 12.1. The van der Waals surface area contributed by atoms with E-state index in [1.54, 1.807) is 19.2 Å². The summed E-state index contributed by atoms with van der Waals surface area (Å²) in [6, 6.07) is 2.89. The van der Waals surface area contributed by atoms with Crippen molar-refractivity contribution in [1.82, 2.24) is 10.3 Å². The zero-order valence-electron chi connectivity index (χ0n) is 11.9. The lowest BCUT2D eigenvalue weighted by molar-refractivity contribution is -0.326. The van der Waals surface area contributed by atoms with Gasteiger partial charge in [-0.25, -0.2) is 4.98 Å². The average Bonchev–Trinajstić information content (AvgIpc) is 2.49. The number of fused-ring (bicyclic) bond motifs is 1. The zero-order chi connectivity index (χ0) is 16.2. The Bertz CT molecular complexity index is 573. The van der Waals surface area contributed by atoms with E-state index in [2.05, 4.69) is 20.4 Å². The van der Waals surface area contributed by atoms with Gasteiger partial charge in [-0.05, 0) is 18.1 Å². The molecule has 1 aliphatic heterocycles. The molecule has 0 aliphatic carbocycles. The minimum Gasteiger partial charge on any atom is -0.347 e. The third-order valence-electron chi connectivity index (χ3n) is 3.22. The van der Waals surface area contributed by atoms with Gasteiger partial charge in [-0.1, -0.05) is 13.0 Å². The fraction of sp³-hybridized carbons (Fsp3) is 0.429. The highest BCUT2D eigenvalue weighted by atomic mass is 19.4. The van der Waals surface area contributed by atoms with Crippen molar-refractivity contribution in [3.8, 4) is 0 Å². The molecule has 1 aromatic heterocycles. The third kappa shape index (κ3) is 4.45. The van der Waals surface area contributed by atoms with E-state index in [0.717, 1.165) is 5.56 Å². The molecule has 0 spiro atoms. The van der Waals surface area contributed by atoms with Gasteiger partial charge in [0.1, 0.15) is 5.82 Å². The summed E-state index contributed by atoms with van der Waals surface area (Å²) in [4.78, 5) is 16.2. The van der Waals surface area contributed by atoms with Crippen molar-refractivity contribution >= 4 is 11.7 Å². The summed E-state index contributed by atoms with van der Waals surface area (Å²) in [6.07, 6.45) is -0.845. The van der Waals surface area contributed by atoms with Crippen LogP contribution in [-0.2, 0) is 16.0 Å². The highest BCUT2D eigenvalue weighted by Gasteiger charge is 2.30. The Morgan fingerprint density at radius 3 is 3.00 bits per heavy atom. The predicted molar refractivity (Wildman–Crippen MR) is 73.9 cm³/mol. The second kappa shape index (κ2) is 6.78. The lowest BCUT2D eigenvalue weighted by atomic mass is 10.0. The van der Waals surface area contributed by atoms with Crippen LogP contribution in [0.4, 0.5) is 19.0 Å². The molecule has 2 N–H and O–H groups in total. The smallest absolute Gasteiger partial charge is 0.347 e. The summed E-state index contributed by atoms with van der Waals surface area (Å²) in [5.41, 5.74) is 1.29. The molecule has 0 fully saturated rings. The number of ether oxygens (including phenoxy) is 1. The molecule has 5 nitrogen and oxygen atoms in total. The number of rotatable bonds is 5. The number of carbonyl (C=O) groups is 1. The molecule has 0 saturated heterocycles. The number of carbonyl (C=O) groups excluding carboxylic acids is 1. The Kier molecular flexibility index (Phi) is 5.02. The minimum atomic E-state index is -4.70. The van der Waals surface area contributed by atoms with E-state index in [0.29, 0.717) is 24.2 Å². The highest BCUT2D eigenvalue weighted by Crippen LogP contribution is 2.21. The minimum absolute atomic E-state index is 0.334. The number of aromatic nitrogens is 1. The average molecular weight is 315 g/mol. The molecule has 1 unspecified atom stereocenters. The molecule has 2 rings (SSSR count). The van der Waals surface area contributed by atoms with Crippen molar-refractivity contribution < 1.29 is 22.7 Å². The molecular weight excluding hydrogens is 299 g/mol. The van der Waals surface area contributed by atoms with Gasteiger partial charge in [0.15, 0.2) is 0 Å². The third-order valence-corrected chi connectivity index (χ3v) is 3.22. The maximum absolute atomic E-state index is 12.1. The van der Waals surface area contributed by atoms with Crippen LogP contribution in [0.3, 0.4) is 0 Å². The molecule has 1 aliphatic rings. The van der Waals surface area contributed by atoms with Gasteiger partial charge in [-0.2, -0.15) is 0 Å². The van der Waals surface area contributed by atoms with Gasteiger partial charge in [0.2, 0.25) is 5.91 Å². The molecule has 1 atom stereocenters. The molecule has 0 bridgehead atoms. The van der Waals surface area contributed by atoms with Gasteiger partial charge < -0.3 is 10.6 Å². The van der Waals surface area contributed by atoms with Gasteiger partial charge in [-0.3, -0.25) is 9.53 Å².